The van der Waals surface area contributed by atoms with Crippen LogP contribution in [0, 0.1) is 6.92 Å². The molecule has 0 aliphatic carbocycles. The lowest BCUT2D eigenvalue weighted by molar-refractivity contribution is 0.944. The van der Waals surface area contributed by atoms with Crippen LogP contribution in [0.15, 0.2) is 6.20 Å². The highest BCUT2D eigenvalue weighted by Gasteiger charge is 1.89. The molecule has 1 aromatic heterocycles. The number of H-pyrrole nitrogens is 1. The summed E-state index contributed by atoms with van der Waals surface area (Å²) in [4.78, 5) is 6.94. The Morgan fingerprint density at radius 3 is 2.40 bits per heavy atom. The van der Waals surface area contributed by atoms with E-state index in [0.717, 1.165) is 11.5 Å². The van der Waals surface area contributed by atoms with Crippen molar-refractivity contribution in [1.82, 2.24) is 9.97 Å². The van der Waals surface area contributed by atoms with Crippen molar-refractivity contribution in [3.63, 3.8) is 0 Å². The maximum atomic E-state index is 5.27. The van der Waals surface area contributed by atoms with Crippen molar-refractivity contribution < 1.29 is 0 Å². The van der Waals surface area contributed by atoms with Crippen LogP contribution in [0.5, 0.6) is 0 Å². The number of nitrogens with zero attached hydrogens (tertiary/aromatic N) is 1. The molecule has 0 spiro atoms. The van der Waals surface area contributed by atoms with Gasteiger partial charge in [-0.3, -0.25) is 0 Å². The minimum absolute atomic E-state index is 0. The largest absolute Gasteiger partial charge is 0.345 e. The van der Waals surface area contributed by atoms with Gasteiger partial charge in [0.2, 0.25) is 0 Å². The van der Waals surface area contributed by atoms with E-state index in [9.17, 15) is 0 Å². The monoisotopic (exact) mass is 183 g/mol. The van der Waals surface area contributed by atoms with E-state index in [4.69, 9.17) is 5.73 Å². The van der Waals surface area contributed by atoms with Gasteiger partial charge in [0.1, 0.15) is 5.82 Å². The topological polar surface area (TPSA) is 54.7 Å². The van der Waals surface area contributed by atoms with Crippen molar-refractivity contribution in [3.8, 4) is 0 Å². The zero-order valence-electron chi connectivity index (χ0n) is 5.63. The van der Waals surface area contributed by atoms with Crippen molar-refractivity contribution in [3.05, 3.63) is 17.7 Å². The molecule has 0 aromatic carbocycles. The smallest absolute Gasteiger partial charge is 0.120 e. The van der Waals surface area contributed by atoms with E-state index in [1.807, 2.05) is 6.92 Å². The molecule has 0 bridgehead atoms. The van der Waals surface area contributed by atoms with Crippen LogP contribution < -0.4 is 5.73 Å². The van der Waals surface area contributed by atoms with Crippen LogP contribution in [-0.2, 0) is 6.54 Å². The molecule has 0 saturated carbocycles. The molecule has 0 fully saturated rings. The van der Waals surface area contributed by atoms with Gasteiger partial charge >= 0.3 is 0 Å². The van der Waals surface area contributed by atoms with Crippen molar-refractivity contribution in [2.45, 2.75) is 13.5 Å². The lowest BCUT2D eigenvalue weighted by Crippen LogP contribution is -1.97. The van der Waals surface area contributed by atoms with E-state index < -0.39 is 0 Å². The number of rotatable bonds is 1. The number of halogens is 2. The summed E-state index contributed by atoms with van der Waals surface area (Å²) in [5.41, 5.74) is 6.33. The van der Waals surface area contributed by atoms with Gasteiger partial charge in [-0.15, -0.1) is 24.8 Å². The summed E-state index contributed by atoms with van der Waals surface area (Å²) in [6.45, 7) is 2.44. The summed E-state index contributed by atoms with van der Waals surface area (Å²) in [6.07, 6.45) is 1.77. The predicted octanol–water partition coefficient (Wildman–Crippen LogP) is 1.02. The molecule has 60 valence electrons. The standard InChI is InChI=1S/C5H9N3.2ClH/c1-4-3-7-5(2-6)8-4;;/h3H,2,6H2,1H3,(H,7,8);2*1H. The van der Waals surface area contributed by atoms with Gasteiger partial charge in [0, 0.05) is 11.9 Å². The SMILES string of the molecule is Cc1cnc(CN)[nH]1.Cl.Cl. The third kappa shape index (κ3) is 3.06. The van der Waals surface area contributed by atoms with Gasteiger partial charge in [0.05, 0.1) is 6.54 Å². The lowest BCUT2D eigenvalue weighted by Gasteiger charge is -1.82. The minimum Gasteiger partial charge on any atom is -0.345 e. The molecule has 1 aromatic rings. The summed E-state index contributed by atoms with van der Waals surface area (Å²) >= 11 is 0. The van der Waals surface area contributed by atoms with Crippen LogP contribution in [0.25, 0.3) is 0 Å². The first-order chi connectivity index (χ1) is 3.83. The average molecular weight is 184 g/mol. The van der Waals surface area contributed by atoms with Crippen LogP contribution >= 0.6 is 24.8 Å². The third-order valence-electron chi connectivity index (χ3n) is 0.949. The van der Waals surface area contributed by atoms with E-state index in [1.54, 1.807) is 6.20 Å². The van der Waals surface area contributed by atoms with Gasteiger partial charge in [-0.25, -0.2) is 4.98 Å². The molecule has 0 atom stereocenters. The van der Waals surface area contributed by atoms with Crippen LogP contribution in [0.2, 0.25) is 0 Å². The Morgan fingerprint density at radius 1 is 1.60 bits per heavy atom. The quantitative estimate of drug-likeness (QED) is 0.684. The van der Waals surface area contributed by atoms with Crippen molar-refractivity contribution in [2.75, 3.05) is 0 Å². The van der Waals surface area contributed by atoms with Crippen LogP contribution in [0.4, 0.5) is 0 Å². The Hall–Kier alpha value is -0.250. The Labute approximate surface area is 72.2 Å². The molecule has 3 N–H and O–H groups in total. The first kappa shape index (κ1) is 12.4. The Kier molecular flexibility index (Phi) is 6.87. The second kappa shape index (κ2) is 5.53. The molecule has 0 aliphatic rings. The number of imidazole rings is 1. The van der Waals surface area contributed by atoms with E-state index in [-0.39, 0.29) is 24.8 Å². The Bertz CT molecular complexity index is 175. The van der Waals surface area contributed by atoms with E-state index >= 15 is 0 Å². The van der Waals surface area contributed by atoms with E-state index in [2.05, 4.69) is 9.97 Å². The fourth-order valence-electron chi connectivity index (χ4n) is 0.571. The van der Waals surface area contributed by atoms with Gasteiger partial charge in [0.15, 0.2) is 0 Å². The first-order valence-electron chi connectivity index (χ1n) is 2.53. The molecule has 5 heteroatoms. The summed E-state index contributed by atoms with van der Waals surface area (Å²) in [7, 11) is 0. The number of nitrogens with one attached hydrogen (secondary N) is 1. The zero-order chi connectivity index (χ0) is 5.98. The van der Waals surface area contributed by atoms with Crippen LogP contribution in [0.1, 0.15) is 11.5 Å². The highest BCUT2D eigenvalue weighted by molar-refractivity contribution is 5.85. The fraction of sp³-hybridized carbons (Fsp3) is 0.400. The Balaban J connectivity index is 0. The molecule has 0 radical (unpaired) electrons. The zero-order valence-corrected chi connectivity index (χ0v) is 7.26. The van der Waals surface area contributed by atoms with Crippen molar-refractivity contribution in [2.24, 2.45) is 5.73 Å². The molecular formula is C5H11Cl2N3. The van der Waals surface area contributed by atoms with Crippen molar-refractivity contribution in [1.29, 1.82) is 0 Å². The van der Waals surface area contributed by atoms with Gasteiger partial charge in [-0.05, 0) is 6.92 Å². The van der Waals surface area contributed by atoms with E-state index in [1.165, 1.54) is 0 Å². The van der Waals surface area contributed by atoms with Gasteiger partial charge in [0.25, 0.3) is 0 Å². The number of aromatic amines is 1. The lowest BCUT2D eigenvalue weighted by atomic mass is 10.6. The number of aromatic nitrogens is 2. The number of aryl methyl sites for hydroxylation is 1. The molecule has 3 nitrogen and oxygen atoms in total. The molecule has 0 aliphatic heterocycles. The maximum Gasteiger partial charge on any atom is 0.120 e. The first-order valence-corrected chi connectivity index (χ1v) is 2.53. The highest BCUT2D eigenvalue weighted by atomic mass is 35.5. The molecule has 10 heavy (non-hydrogen) atoms. The molecule has 0 saturated heterocycles. The summed E-state index contributed by atoms with van der Waals surface area (Å²) < 4.78 is 0. The van der Waals surface area contributed by atoms with E-state index in [0.29, 0.717) is 6.54 Å². The van der Waals surface area contributed by atoms with Gasteiger partial charge in [-0.2, -0.15) is 0 Å². The van der Waals surface area contributed by atoms with Crippen molar-refractivity contribution >= 4 is 24.8 Å². The minimum atomic E-state index is 0. The number of hydrogen-bond donors (Lipinski definition) is 2. The fourth-order valence-corrected chi connectivity index (χ4v) is 0.571. The summed E-state index contributed by atoms with van der Waals surface area (Å²) in [6, 6.07) is 0. The molecule has 0 unspecified atom stereocenters. The average Bonchev–Trinajstić information content (AvgIpc) is 2.14. The second-order valence-corrected chi connectivity index (χ2v) is 1.72. The molecule has 1 heterocycles. The molecule has 0 amide bonds. The van der Waals surface area contributed by atoms with Gasteiger partial charge < -0.3 is 10.7 Å². The Morgan fingerprint density at radius 2 is 2.20 bits per heavy atom. The van der Waals surface area contributed by atoms with Crippen LogP contribution in [-0.4, -0.2) is 9.97 Å². The predicted molar refractivity (Wildman–Crippen MR) is 45.7 cm³/mol. The highest BCUT2D eigenvalue weighted by Crippen LogP contribution is 1.91. The summed E-state index contributed by atoms with van der Waals surface area (Å²) in [5, 5.41) is 0. The maximum absolute atomic E-state index is 5.27. The molecular weight excluding hydrogens is 173 g/mol. The normalized spacial score (nSPS) is 7.80. The second-order valence-electron chi connectivity index (χ2n) is 1.72. The van der Waals surface area contributed by atoms with Crippen LogP contribution in [0.3, 0.4) is 0 Å². The number of nitrogens with two attached hydrogens (primary N) is 1. The molecule has 1 rings (SSSR count). The third-order valence-corrected chi connectivity index (χ3v) is 0.949. The van der Waals surface area contributed by atoms with Gasteiger partial charge in [-0.1, -0.05) is 0 Å². The number of hydrogen-bond acceptors (Lipinski definition) is 2. The summed E-state index contributed by atoms with van der Waals surface area (Å²) in [5.74, 6) is 0.850.